The van der Waals surface area contributed by atoms with E-state index in [2.05, 4.69) is 12.2 Å². The fourth-order valence-electron chi connectivity index (χ4n) is 1.72. The van der Waals surface area contributed by atoms with Gasteiger partial charge in [-0.15, -0.1) is 0 Å². The predicted octanol–water partition coefficient (Wildman–Crippen LogP) is 2.04. The smallest absolute Gasteiger partial charge is 0.326 e. The molecule has 1 aromatic rings. The number of aliphatic carboxylic acids is 1. The van der Waals surface area contributed by atoms with Gasteiger partial charge in [0, 0.05) is 6.42 Å². The molecule has 0 saturated heterocycles. The molecule has 0 fully saturated rings. The number of benzene rings is 1. The molecule has 0 spiro atoms. The van der Waals surface area contributed by atoms with Crippen molar-refractivity contribution in [1.82, 2.24) is 5.32 Å². The van der Waals surface area contributed by atoms with E-state index in [-0.39, 0.29) is 23.8 Å². The van der Waals surface area contributed by atoms with Crippen LogP contribution in [0.15, 0.2) is 24.3 Å². The van der Waals surface area contributed by atoms with E-state index in [1.54, 1.807) is 12.1 Å². The Kier molecular flexibility index (Phi) is 7.68. The highest BCUT2D eigenvalue weighted by molar-refractivity contribution is 7.99. The monoisotopic (exact) mass is 311 g/mol. The van der Waals surface area contributed by atoms with Crippen molar-refractivity contribution >= 4 is 23.6 Å². The average molecular weight is 311 g/mol. The number of unbranched alkanes of at least 4 members (excludes halogenated alkanes) is 1. The molecule has 21 heavy (non-hydrogen) atoms. The summed E-state index contributed by atoms with van der Waals surface area (Å²) >= 11 is 1.51. The Labute approximate surface area is 128 Å². The number of carboxylic acid groups (broad SMARTS) is 1. The van der Waals surface area contributed by atoms with Gasteiger partial charge in [-0.1, -0.05) is 25.5 Å². The predicted molar refractivity (Wildman–Crippen MR) is 83.6 cm³/mol. The van der Waals surface area contributed by atoms with Gasteiger partial charge in [-0.25, -0.2) is 4.79 Å². The Morgan fingerprint density at radius 1 is 1.29 bits per heavy atom. The fourth-order valence-corrected chi connectivity index (χ4v) is 2.62. The van der Waals surface area contributed by atoms with Crippen LogP contribution in [0, 0.1) is 0 Å². The lowest BCUT2D eigenvalue weighted by Gasteiger charge is -2.14. The minimum Gasteiger partial charge on any atom is -0.508 e. The summed E-state index contributed by atoms with van der Waals surface area (Å²) in [5.74, 6) is -0.0156. The zero-order valence-electron chi connectivity index (χ0n) is 12.0. The van der Waals surface area contributed by atoms with Crippen LogP contribution in [-0.2, 0) is 16.0 Å². The number of carbonyl (C=O) groups is 2. The summed E-state index contributed by atoms with van der Waals surface area (Å²) in [4.78, 5) is 22.9. The van der Waals surface area contributed by atoms with Crippen LogP contribution in [-0.4, -0.2) is 39.6 Å². The van der Waals surface area contributed by atoms with E-state index in [0.29, 0.717) is 0 Å². The van der Waals surface area contributed by atoms with E-state index < -0.39 is 12.0 Å². The minimum absolute atomic E-state index is 0.127. The highest BCUT2D eigenvalue weighted by atomic mass is 32.2. The molecular weight excluding hydrogens is 290 g/mol. The van der Waals surface area contributed by atoms with Gasteiger partial charge in [0.25, 0.3) is 0 Å². The van der Waals surface area contributed by atoms with Gasteiger partial charge in [-0.3, -0.25) is 4.79 Å². The van der Waals surface area contributed by atoms with Crippen molar-refractivity contribution in [2.24, 2.45) is 0 Å². The molecule has 0 heterocycles. The molecule has 116 valence electrons. The Bertz CT molecular complexity index is 461. The fraction of sp³-hybridized carbons (Fsp3) is 0.467. The van der Waals surface area contributed by atoms with Gasteiger partial charge in [0.2, 0.25) is 5.91 Å². The van der Waals surface area contributed by atoms with Gasteiger partial charge < -0.3 is 15.5 Å². The van der Waals surface area contributed by atoms with E-state index in [9.17, 15) is 19.8 Å². The lowest BCUT2D eigenvalue weighted by molar-refractivity contribution is -0.141. The summed E-state index contributed by atoms with van der Waals surface area (Å²) < 4.78 is 0. The number of carboxylic acids is 1. The van der Waals surface area contributed by atoms with Gasteiger partial charge >= 0.3 is 5.97 Å². The normalized spacial score (nSPS) is 11.9. The second-order valence-electron chi connectivity index (χ2n) is 4.74. The van der Waals surface area contributed by atoms with E-state index >= 15 is 0 Å². The second-order valence-corrected chi connectivity index (χ2v) is 5.84. The van der Waals surface area contributed by atoms with E-state index in [1.165, 1.54) is 23.9 Å². The standard InChI is InChI=1S/C15H21NO4S/c1-2-3-8-21-10-14(18)16-13(15(19)20)9-11-4-6-12(17)7-5-11/h4-7,13,17H,2-3,8-10H2,1H3,(H,16,18)(H,19,20). The number of thioether (sulfide) groups is 1. The zero-order valence-corrected chi connectivity index (χ0v) is 12.9. The number of nitrogens with one attached hydrogen (secondary N) is 1. The first-order valence-electron chi connectivity index (χ1n) is 6.90. The number of rotatable bonds is 9. The SMILES string of the molecule is CCCCSCC(=O)NC(Cc1ccc(O)cc1)C(=O)O. The van der Waals surface area contributed by atoms with Gasteiger partial charge in [0.15, 0.2) is 0 Å². The summed E-state index contributed by atoms with van der Waals surface area (Å²) in [5.41, 5.74) is 0.749. The molecule has 1 aromatic carbocycles. The third-order valence-corrected chi connectivity index (χ3v) is 3.93. The maximum absolute atomic E-state index is 11.7. The Morgan fingerprint density at radius 2 is 1.95 bits per heavy atom. The van der Waals surface area contributed by atoms with Crippen LogP contribution in [0.1, 0.15) is 25.3 Å². The number of phenolic OH excluding ortho intramolecular Hbond substituents is 1. The molecule has 0 aliphatic rings. The molecule has 1 amide bonds. The lowest BCUT2D eigenvalue weighted by atomic mass is 10.1. The van der Waals surface area contributed by atoms with Gasteiger partial charge in [-0.2, -0.15) is 11.8 Å². The number of phenols is 1. The molecule has 0 bridgehead atoms. The summed E-state index contributed by atoms with van der Waals surface area (Å²) in [6.07, 6.45) is 2.32. The van der Waals surface area contributed by atoms with Crippen LogP contribution in [0.3, 0.4) is 0 Å². The van der Waals surface area contributed by atoms with Crippen molar-refractivity contribution in [1.29, 1.82) is 0 Å². The van der Waals surface area contributed by atoms with Crippen molar-refractivity contribution in [3.05, 3.63) is 29.8 Å². The third-order valence-electron chi connectivity index (χ3n) is 2.88. The van der Waals surface area contributed by atoms with E-state index in [0.717, 1.165) is 24.2 Å². The molecule has 0 aliphatic carbocycles. The first-order valence-corrected chi connectivity index (χ1v) is 8.06. The van der Waals surface area contributed by atoms with Crippen molar-refractivity contribution in [3.8, 4) is 5.75 Å². The highest BCUT2D eigenvalue weighted by Gasteiger charge is 2.20. The van der Waals surface area contributed by atoms with Crippen LogP contribution in [0.2, 0.25) is 0 Å². The molecule has 0 radical (unpaired) electrons. The molecule has 0 aromatic heterocycles. The first-order chi connectivity index (χ1) is 10.0. The summed E-state index contributed by atoms with van der Waals surface area (Å²) in [7, 11) is 0. The third kappa shape index (κ3) is 7.04. The highest BCUT2D eigenvalue weighted by Crippen LogP contribution is 2.11. The second kappa shape index (κ2) is 9.28. The molecular formula is C15H21NO4S. The molecule has 3 N–H and O–H groups in total. The maximum Gasteiger partial charge on any atom is 0.326 e. The lowest BCUT2D eigenvalue weighted by Crippen LogP contribution is -2.43. The molecule has 1 unspecified atom stereocenters. The largest absolute Gasteiger partial charge is 0.508 e. The molecule has 1 atom stereocenters. The Hall–Kier alpha value is -1.69. The van der Waals surface area contributed by atoms with E-state index in [4.69, 9.17) is 0 Å². The zero-order chi connectivity index (χ0) is 15.7. The molecule has 6 heteroatoms. The van der Waals surface area contributed by atoms with Crippen LogP contribution in [0.4, 0.5) is 0 Å². The van der Waals surface area contributed by atoms with Gasteiger partial charge in [0.1, 0.15) is 11.8 Å². The minimum atomic E-state index is -1.06. The topological polar surface area (TPSA) is 86.6 Å². The van der Waals surface area contributed by atoms with Gasteiger partial charge in [0.05, 0.1) is 5.75 Å². The molecule has 5 nitrogen and oxygen atoms in total. The Morgan fingerprint density at radius 3 is 2.52 bits per heavy atom. The molecule has 1 rings (SSSR count). The number of carbonyl (C=O) groups excluding carboxylic acids is 1. The van der Waals surface area contributed by atoms with Gasteiger partial charge in [-0.05, 0) is 29.9 Å². The van der Waals surface area contributed by atoms with Crippen LogP contribution in [0.25, 0.3) is 0 Å². The van der Waals surface area contributed by atoms with E-state index in [1.807, 2.05) is 0 Å². The van der Waals surface area contributed by atoms with Crippen molar-refractivity contribution in [2.75, 3.05) is 11.5 Å². The van der Waals surface area contributed by atoms with Crippen molar-refractivity contribution in [3.63, 3.8) is 0 Å². The summed E-state index contributed by atoms with van der Waals surface area (Å²) in [6.45, 7) is 2.08. The number of hydrogen-bond acceptors (Lipinski definition) is 4. The van der Waals surface area contributed by atoms with Crippen LogP contribution >= 0.6 is 11.8 Å². The maximum atomic E-state index is 11.7. The molecule has 0 saturated carbocycles. The number of hydrogen-bond donors (Lipinski definition) is 3. The summed E-state index contributed by atoms with van der Waals surface area (Å²) in [5, 5.41) is 20.9. The number of aromatic hydroxyl groups is 1. The average Bonchev–Trinajstić information content (AvgIpc) is 2.45. The van der Waals surface area contributed by atoms with Crippen molar-refractivity contribution < 1.29 is 19.8 Å². The van der Waals surface area contributed by atoms with Crippen molar-refractivity contribution in [2.45, 2.75) is 32.2 Å². The first kappa shape index (κ1) is 17.4. The number of amides is 1. The quantitative estimate of drug-likeness (QED) is 0.608. The van der Waals surface area contributed by atoms with Crippen LogP contribution < -0.4 is 5.32 Å². The Balaban J connectivity index is 2.48. The molecule has 0 aliphatic heterocycles. The van der Waals surface area contributed by atoms with Crippen LogP contribution in [0.5, 0.6) is 5.75 Å². The summed E-state index contributed by atoms with van der Waals surface area (Å²) in [6, 6.07) is 5.34.